The molecule has 0 spiro atoms. The first-order chi connectivity index (χ1) is 8.60. The summed E-state index contributed by atoms with van der Waals surface area (Å²) in [5, 5.41) is 0. The second-order valence-corrected chi connectivity index (χ2v) is 4.48. The Kier molecular flexibility index (Phi) is 3.55. The molecule has 0 saturated carbocycles. The van der Waals surface area contributed by atoms with E-state index >= 15 is 0 Å². The molecule has 0 amide bonds. The van der Waals surface area contributed by atoms with Crippen molar-refractivity contribution in [2.45, 2.75) is 26.7 Å². The highest BCUT2D eigenvalue weighted by atomic mass is 16.5. The molecule has 0 saturated heterocycles. The number of hydrogen-bond donors (Lipinski definition) is 0. The molecule has 0 aliphatic rings. The summed E-state index contributed by atoms with van der Waals surface area (Å²) >= 11 is 0. The van der Waals surface area contributed by atoms with Crippen LogP contribution in [0.25, 0.3) is 11.5 Å². The summed E-state index contributed by atoms with van der Waals surface area (Å²) < 4.78 is 5.16. The molecule has 4 nitrogen and oxygen atoms in total. The van der Waals surface area contributed by atoms with Gasteiger partial charge in [-0.3, -0.25) is 0 Å². The lowest BCUT2D eigenvalue weighted by Crippen LogP contribution is -1.99. The van der Waals surface area contributed by atoms with Crippen LogP contribution in [0.3, 0.4) is 0 Å². The lowest BCUT2D eigenvalue weighted by Gasteiger charge is -2.07. The molecular formula is C14H17N3O. The summed E-state index contributed by atoms with van der Waals surface area (Å²) in [5.74, 6) is 1.56. The molecular weight excluding hydrogens is 226 g/mol. The molecule has 0 fully saturated rings. The number of hydrogen-bond acceptors (Lipinski definition) is 4. The van der Waals surface area contributed by atoms with Crippen LogP contribution in [0.2, 0.25) is 0 Å². The van der Waals surface area contributed by atoms with Crippen LogP contribution in [0, 0.1) is 6.92 Å². The van der Waals surface area contributed by atoms with E-state index in [9.17, 15) is 0 Å². The van der Waals surface area contributed by atoms with Gasteiger partial charge in [-0.15, -0.1) is 0 Å². The van der Waals surface area contributed by atoms with Crippen LogP contribution in [0.5, 0.6) is 5.88 Å². The van der Waals surface area contributed by atoms with Gasteiger partial charge in [-0.05, 0) is 25.0 Å². The van der Waals surface area contributed by atoms with Crippen molar-refractivity contribution in [1.82, 2.24) is 15.0 Å². The van der Waals surface area contributed by atoms with Crippen molar-refractivity contribution < 1.29 is 4.74 Å². The van der Waals surface area contributed by atoms with E-state index in [0.717, 1.165) is 17.1 Å². The highest BCUT2D eigenvalue weighted by Crippen LogP contribution is 2.19. The molecule has 4 heteroatoms. The van der Waals surface area contributed by atoms with Gasteiger partial charge in [-0.25, -0.2) is 9.97 Å². The van der Waals surface area contributed by atoms with Crippen LogP contribution in [-0.4, -0.2) is 22.1 Å². The van der Waals surface area contributed by atoms with Crippen molar-refractivity contribution in [1.29, 1.82) is 0 Å². The zero-order chi connectivity index (χ0) is 13.1. The van der Waals surface area contributed by atoms with Crippen molar-refractivity contribution in [3.8, 4) is 17.4 Å². The predicted molar refractivity (Wildman–Crippen MR) is 70.6 cm³/mol. The molecule has 0 aromatic carbocycles. The van der Waals surface area contributed by atoms with E-state index in [4.69, 9.17) is 4.74 Å². The van der Waals surface area contributed by atoms with E-state index < -0.39 is 0 Å². The SMILES string of the molecule is COc1cc(C)nc(-c2cccc(C(C)C)n2)n1. The Morgan fingerprint density at radius 3 is 2.56 bits per heavy atom. The second kappa shape index (κ2) is 5.12. The summed E-state index contributed by atoms with van der Waals surface area (Å²) in [7, 11) is 1.60. The standard InChI is InChI=1S/C14H17N3O/c1-9(2)11-6-5-7-12(16-11)14-15-10(3)8-13(17-14)18-4/h5-9H,1-4H3. The van der Waals surface area contributed by atoms with Gasteiger partial charge in [-0.1, -0.05) is 19.9 Å². The van der Waals surface area contributed by atoms with E-state index in [0.29, 0.717) is 17.6 Å². The van der Waals surface area contributed by atoms with Gasteiger partial charge in [0.1, 0.15) is 5.69 Å². The van der Waals surface area contributed by atoms with Gasteiger partial charge in [0, 0.05) is 17.5 Å². The lowest BCUT2D eigenvalue weighted by atomic mass is 10.1. The number of ether oxygens (including phenoxy) is 1. The van der Waals surface area contributed by atoms with Gasteiger partial charge in [0.2, 0.25) is 5.88 Å². The molecule has 2 aromatic rings. The first-order valence-corrected chi connectivity index (χ1v) is 5.97. The molecule has 0 N–H and O–H groups in total. The summed E-state index contributed by atoms with van der Waals surface area (Å²) in [4.78, 5) is 13.3. The minimum Gasteiger partial charge on any atom is -0.481 e. The van der Waals surface area contributed by atoms with Crippen LogP contribution in [0.1, 0.15) is 31.2 Å². The maximum absolute atomic E-state index is 5.16. The average molecular weight is 243 g/mol. The zero-order valence-electron chi connectivity index (χ0n) is 11.1. The quantitative estimate of drug-likeness (QED) is 0.831. The number of rotatable bonds is 3. The Morgan fingerprint density at radius 1 is 1.11 bits per heavy atom. The summed E-state index contributed by atoms with van der Waals surface area (Å²) in [5.41, 5.74) is 2.69. The molecule has 0 unspecified atom stereocenters. The Hall–Kier alpha value is -1.97. The predicted octanol–water partition coefficient (Wildman–Crippen LogP) is 2.98. The Morgan fingerprint density at radius 2 is 1.89 bits per heavy atom. The van der Waals surface area contributed by atoms with E-state index in [1.807, 2.05) is 25.1 Å². The topological polar surface area (TPSA) is 47.9 Å². The van der Waals surface area contributed by atoms with Gasteiger partial charge in [0.25, 0.3) is 0 Å². The molecule has 18 heavy (non-hydrogen) atoms. The third kappa shape index (κ3) is 2.64. The Balaban J connectivity index is 2.47. The molecule has 0 aliphatic carbocycles. The fourth-order valence-electron chi connectivity index (χ4n) is 1.66. The maximum Gasteiger partial charge on any atom is 0.216 e. The van der Waals surface area contributed by atoms with Crippen LogP contribution < -0.4 is 4.74 Å². The van der Waals surface area contributed by atoms with Gasteiger partial charge >= 0.3 is 0 Å². The van der Waals surface area contributed by atoms with E-state index in [1.54, 1.807) is 13.2 Å². The van der Waals surface area contributed by atoms with Crippen LogP contribution >= 0.6 is 0 Å². The number of nitrogens with zero attached hydrogens (tertiary/aromatic N) is 3. The highest BCUT2D eigenvalue weighted by Gasteiger charge is 2.08. The first-order valence-electron chi connectivity index (χ1n) is 5.97. The maximum atomic E-state index is 5.16. The highest BCUT2D eigenvalue weighted by molar-refractivity contribution is 5.50. The molecule has 0 radical (unpaired) electrons. The fraction of sp³-hybridized carbons (Fsp3) is 0.357. The van der Waals surface area contributed by atoms with Crippen LogP contribution in [0.15, 0.2) is 24.3 Å². The normalized spacial score (nSPS) is 10.7. The number of pyridine rings is 1. The number of aryl methyl sites for hydroxylation is 1. The smallest absolute Gasteiger partial charge is 0.216 e. The van der Waals surface area contributed by atoms with Crippen molar-refractivity contribution in [2.24, 2.45) is 0 Å². The molecule has 2 heterocycles. The fourth-order valence-corrected chi connectivity index (χ4v) is 1.66. The zero-order valence-corrected chi connectivity index (χ0v) is 11.1. The van der Waals surface area contributed by atoms with Crippen molar-refractivity contribution >= 4 is 0 Å². The Bertz CT molecular complexity index is 552. The first kappa shape index (κ1) is 12.5. The molecule has 0 aliphatic heterocycles. The van der Waals surface area contributed by atoms with E-state index in [-0.39, 0.29) is 0 Å². The summed E-state index contributed by atoms with van der Waals surface area (Å²) in [6.07, 6.45) is 0. The molecule has 0 bridgehead atoms. The Labute approximate surface area is 107 Å². The largest absolute Gasteiger partial charge is 0.481 e. The van der Waals surface area contributed by atoms with Gasteiger partial charge in [-0.2, -0.15) is 4.98 Å². The van der Waals surface area contributed by atoms with E-state index in [1.165, 1.54) is 0 Å². The lowest BCUT2D eigenvalue weighted by molar-refractivity contribution is 0.397. The molecule has 2 rings (SSSR count). The minimum atomic E-state index is 0.386. The molecule has 0 atom stereocenters. The summed E-state index contributed by atoms with van der Waals surface area (Å²) in [6, 6.07) is 7.72. The average Bonchev–Trinajstić information content (AvgIpc) is 2.38. The van der Waals surface area contributed by atoms with Gasteiger partial charge < -0.3 is 4.74 Å². The molecule has 94 valence electrons. The van der Waals surface area contributed by atoms with Gasteiger partial charge in [0.05, 0.1) is 7.11 Å². The third-order valence-electron chi connectivity index (χ3n) is 2.63. The van der Waals surface area contributed by atoms with Crippen molar-refractivity contribution in [2.75, 3.05) is 7.11 Å². The second-order valence-electron chi connectivity index (χ2n) is 4.48. The van der Waals surface area contributed by atoms with Crippen LogP contribution in [-0.2, 0) is 0 Å². The third-order valence-corrected chi connectivity index (χ3v) is 2.63. The number of methoxy groups -OCH3 is 1. The van der Waals surface area contributed by atoms with Crippen molar-refractivity contribution in [3.63, 3.8) is 0 Å². The van der Waals surface area contributed by atoms with Gasteiger partial charge in [0.15, 0.2) is 5.82 Å². The van der Waals surface area contributed by atoms with Crippen molar-refractivity contribution in [3.05, 3.63) is 35.7 Å². The summed E-state index contributed by atoms with van der Waals surface area (Å²) in [6.45, 7) is 6.15. The van der Waals surface area contributed by atoms with E-state index in [2.05, 4.69) is 28.8 Å². The molecule has 2 aromatic heterocycles. The monoisotopic (exact) mass is 243 g/mol. The number of aromatic nitrogens is 3. The van der Waals surface area contributed by atoms with Crippen LogP contribution in [0.4, 0.5) is 0 Å². The minimum absolute atomic E-state index is 0.386.